The molecule has 0 saturated carbocycles. The second kappa shape index (κ2) is 5.31. The van der Waals surface area contributed by atoms with Crippen LogP contribution in [0.4, 0.5) is 0 Å². The third kappa shape index (κ3) is 2.44. The molecule has 23 heavy (non-hydrogen) atoms. The van der Waals surface area contributed by atoms with Crippen LogP contribution in [0, 0.1) is 5.92 Å². The van der Waals surface area contributed by atoms with E-state index < -0.39 is 0 Å². The van der Waals surface area contributed by atoms with Crippen LogP contribution in [0.3, 0.4) is 0 Å². The van der Waals surface area contributed by atoms with E-state index in [1.807, 2.05) is 23.9 Å². The molecule has 8 heteroatoms. The van der Waals surface area contributed by atoms with E-state index in [1.165, 1.54) is 11.3 Å². The number of hydrogen-bond acceptors (Lipinski definition) is 6. The Bertz CT molecular complexity index is 946. The smallest absolute Gasteiger partial charge is 0.235 e. The van der Waals surface area contributed by atoms with Crippen LogP contribution >= 0.6 is 11.3 Å². The van der Waals surface area contributed by atoms with E-state index in [-0.39, 0.29) is 0 Å². The van der Waals surface area contributed by atoms with E-state index in [4.69, 9.17) is 4.42 Å². The number of rotatable bonds is 4. The molecule has 0 spiro atoms. The van der Waals surface area contributed by atoms with Crippen LogP contribution in [0.2, 0.25) is 0 Å². The minimum atomic E-state index is 0.556. The SMILES string of the molecule is CC(C)Cc1cc(-c2nnc3sc(-c4ccco4)nn23)n(C)n1. The van der Waals surface area contributed by atoms with Crippen molar-refractivity contribution < 1.29 is 4.42 Å². The van der Waals surface area contributed by atoms with Gasteiger partial charge >= 0.3 is 0 Å². The van der Waals surface area contributed by atoms with Crippen molar-refractivity contribution in [3.63, 3.8) is 0 Å². The number of hydrogen-bond donors (Lipinski definition) is 0. The molecule has 0 aliphatic carbocycles. The normalized spacial score (nSPS) is 11.8. The van der Waals surface area contributed by atoms with Crippen molar-refractivity contribution in [3.05, 3.63) is 30.2 Å². The van der Waals surface area contributed by atoms with Crippen molar-refractivity contribution in [2.75, 3.05) is 0 Å². The molecule has 4 aromatic heterocycles. The van der Waals surface area contributed by atoms with Crippen molar-refractivity contribution in [2.45, 2.75) is 20.3 Å². The second-order valence-electron chi connectivity index (χ2n) is 5.84. The van der Waals surface area contributed by atoms with Crippen molar-refractivity contribution in [1.29, 1.82) is 0 Å². The summed E-state index contributed by atoms with van der Waals surface area (Å²) >= 11 is 1.45. The molecule has 0 amide bonds. The molecule has 4 heterocycles. The maximum atomic E-state index is 5.40. The largest absolute Gasteiger partial charge is 0.462 e. The van der Waals surface area contributed by atoms with Crippen LogP contribution in [0.25, 0.3) is 27.2 Å². The zero-order valence-electron chi connectivity index (χ0n) is 13.1. The molecule has 0 aliphatic heterocycles. The third-order valence-corrected chi connectivity index (χ3v) is 4.41. The highest BCUT2D eigenvalue weighted by atomic mass is 32.1. The summed E-state index contributed by atoms with van der Waals surface area (Å²) in [5.41, 5.74) is 1.96. The standard InChI is InChI=1S/C15H16N6OS/c1-9(2)7-10-8-11(20(3)18-10)13-16-17-15-21(13)19-14(23-15)12-5-4-6-22-12/h4-6,8-9H,7H2,1-3H3. The van der Waals surface area contributed by atoms with Gasteiger partial charge in [0.25, 0.3) is 0 Å². The first kappa shape index (κ1) is 14.1. The second-order valence-corrected chi connectivity index (χ2v) is 6.80. The first-order valence-corrected chi connectivity index (χ1v) is 8.23. The molecule has 0 N–H and O–H groups in total. The summed E-state index contributed by atoms with van der Waals surface area (Å²) in [6.45, 7) is 4.36. The van der Waals surface area contributed by atoms with Crippen LogP contribution in [-0.4, -0.2) is 29.6 Å². The molecule has 0 bridgehead atoms. The number of aryl methyl sites for hydroxylation is 1. The summed E-state index contributed by atoms with van der Waals surface area (Å²) < 4.78 is 8.99. The monoisotopic (exact) mass is 328 g/mol. The third-order valence-electron chi connectivity index (χ3n) is 3.50. The van der Waals surface area contributed by atoms with Gasteiger partial charge in [0.2, 0.25) is 10.8 Å². The molecule has 118 valence electrons. The molecule has 0 unspecified atom stereocenters. The Hall–Kier alpha value is -2.48. The van der Waals surface area contributed by atoms with E-state index in [0.29, 0.717) is 11.7 Å². The molecule has 7 nitrogen and oxygen atoms in total. The van der Waals surface area contributed by atoms with Gasteiger partial charge in [0, 0.05) is 7.05 Å². The molecule has 0 atom stereocenters. The van der Waals surface area contributed by atoms with Crippen LogP contribution in [-0.2, 0) is 13.5 Å². The van der Waals surface area contributed by atoms with Crippen molar-refractivity contribution in [2.24, 2.45) is 13.0 Å². The maximum Gasteiger partial charge on any atom is 0.235 e. The van der Waals surface area contributed by atoms with Crippen LogP contribution < -0.4 is 0 Å². The molecule has 0 aromatic carbocycles. The predicted octanol–water partition coefficient (Wildman–Crippen LogP) is 3.04. The summed E-state index contributed by atoms with van der Waals surface area (Å²) in [7, 11) is 1.92. The van der Waals surface area contributed by atoms with Gasteiger partial charge < -0.3 is 4.42 Å². The van der Waals surface area contributed by atoms with E-state index in [9.17, 15) is 0 Å². The van der Waals surface area contributed by atoms with Gasteiger partial charge in [-0.3, -0.25) is 4.68 Å². The van der Waals surface area contributed by atoms with E-state index >= 15 is 0 Å². The van der Waals surface area contributed by atoms with Gasteiger partial charge in [-0.25, -0.2) is 0 Å². The number of furan rings is 1. The first-order valence-electron chi connectivity index (χ1n) is 7.41. The summed E-state index contributed by atoms with van der Waals surface area (Å²) in [5.74, 6) is 1.98. The Morgan fingerprint density at radius 1 is 1.26 bits per heavy atom. The Morgan fingerprint density at radius 2 is 2.13 bits per heavy atom. The summed E-state index contributed by atoms with van der Waals surface area (Å²) in [5, 5.41) is 18.4. The molecular formula is C15H16N6OS. The van der Waals surface area contributed by atoms with Crippen molar-refractivity contribution >= 4 is 16.3 Å². The summed E-state index contributed by atoms with van der Waals surface area (Å²) in [4.78, 5) is 0.734. The summed E-state index contributed by atoms with van der Waals surface area (Å²) in [6.07, 6.45) is 2.57. The zero-order chi connectivity index (χ0) is 16.0. The molecule has 4 rings (SSSR count). The van der Waals surface area contributed by atoms with E-state index in [0.717, 1.165) is 33.5 Å². The Labute approximate surface area is 136 Å². The quantitative estimate of drug-likeness (QED) is 0.575. The minimum Gasteiger partial charge on any atom is -0.462 e. The van der Waals surface area contributed by atoms with E-state index in [1.54, 1.807) is 10.8 Å². The van der Waals surface area contributed by atoms with Crippen LogP contribution in [0.1, 0.15) is 19.5 Å². The molecular weight excluding hydrogens is 312 g/mol. The first-order chi connectivity index (χ1) is 11.1. The fraction of sp³-hybridized carbons (Fsp3) is 0.333. The van der Waals surface area contributed by atoms with Gasteiger partial charge in [-0.15, -0.1) is 15.3 Å². The topological polar surface area (TPSA) is 74.0 Å². The fourth-order valence-electron chi connectivity index (χ4n) is 2.53. The molecule has 0 saturated heterocycles. The lowest BCUT2D eigenvalue weighted by atomic mass is 10.1. The average molecular weight is 328 g/mol. The van der Waals surface area contributed by atoms with Crippen molar-refractivity contribution in [1.82, 2.24) is 29.6 Å². The van der Waals surface area contributed by atoms with Gasteiger partial charge in [-0.05, 0) is 30.5 Å². The lowest BCUT2D eigenvalue weighted by molar-refractivity contribution is 0.580. The molecule has 0 aliphatic rings. The highest BCUT2D eigenvalue weighted by molar-refractivity contribution is 7.19. The van der Waals surface area contributed by atoms with E-state index in [2.05, 4.69) is 40.3 Å². The number of nitrogens with zero attached hydrogens (tertiary/aromatic N) is 6. The predicted molar refractivity (Wildman–Crippen MR) is 87.1 cm³/mol. The van der Waals surface area contributed by atoms with Crippen molar-refractivity contribution in [3.8, 4) is 22.3 Å². The molecule has 0 radical (unpaired) electrons. The highest BCUT2D eigenvalue weighted by Gasteiger charge is 2.19. The Morgan fingerprint density at radius 3 is 2.87 bits per heavy atom. The van der Waals surface area contributed by atoms with Gasteiger partial charge in [0.1, 0.15) is 5.69 Å². The van der Waals surface area contributed by atoms with Gasteiger partial charge in [0.15, 0.2) is 10.8 Å². The lowest BCUT2D eigenvalue weighted by Crippen LogP contribution is -1.99. The molecule has 0 fully saturated rings. The number of aromatic nitrogens is 6. The lowest BCUT2D eigenvalue weighted by Gasteiger charge is -1.98. The zero-order valence-corrected chi connectivity index (χ0v) is 13.9. The fourth-order valence-corrected chi connectivity index (χ4v) is 3.34. The minimum absolute atomic E-state index is 0.556. The summed E-state index contributed by atoms with van der Waals surface area (Å²) in [6, 6.07) is 5.79. The maximum absolute atomic E-state index is 5.40. The van der Waals surface area contributed by atoms with Gasteiger partial charge in [-0.2, -0.15) is 9.61 Å². The molecule has 4 aromatic rings. The Kier molecular flexibility index (Phi) is 3.26. The van der Waals surface area contributed by atoms with Gasteiger partial charge in [0.05, 0.1) is 12.0 Å². The Balaban J connectivity index is 1.78. The van der Waals surface area contributed by atoms with Gasteiger partial charge in [-0.1, -0.05) is 25.2 Å². The van der Waals surface area contributed by atoms with Crippen LogP contribution in [0.5, 0.6) is 0 Å². The average Bonchev–Trinajstić information content (AvgIpc) is 3.20. The van der Waals surface area contributed by atoms with Crippen LogP contribution in [0.15, 0.2) is 28.9 Å². The highest BCUT2D eigenvalue weighted by Crippen LogP contribution is 2.28. The number of fused-ring (bicyclic) bond motifs is 1.